The number of carbonyl (C=O) groups is 1. The number of hydrogen-bond donors (Lipinski definition) is 1. The van der Waals surface area contributed by atoms with Gasteiger partial charge in [0.25, 0.3) is 5.91 Å². The summed E-state index contributed by atoms with van der Waals surface area (Å²) < 4.78 is 62.3. The number of rotatable bonds is 7. The zero-order valence-corrected chi connectivity index (χ0v) is 24.3. The van der Waals surface area contributed by atoms with E-state index in [1.54, 1.807) is 6.07 Å². The molecule has 1 N–H and O–H groups in total. The Morgan fingerprint density at radius 1 is 1.13 bits per heavy atom. The van der Waals surface area contributed by atoms with Crippen LogP contribution in [0.1, 0.15) is 24.8 Å². The third kappa shape index (κ3) is 5.85. The van der Waals surface area contributed by atoms with Crippen molar-refractivity contribution >= 4 is 33.7 Å². The van der Waals surface area contributed by atoms with Gasteiger partial charge in [-0.15, -0.1) is 0 Å². The van der Waals surface area contributed by atoms with E-state index in [0.29, 0.717) is 23.3 Å². The van der Waals surface area contributed by atoms with Gasteiger partial charge in [0.2, 0.25) is 0 Å². The van der Waals surface area contributed by atoms with E-state index >= 15 is 0 Å². The number of hydrogen-bond acceptors (Lipinski definition) is 9. The smallest absolute Gasteiger partial charge is 0.417 e. The number of likely N-dealkylation sites (tertiary alicyclic amines) is 1. The van der Waals surface area contributed by atoms with Gasteiger partial charge in [-0.25, -0.2) is 9.37 Å². The number of ether oxygens (including phenoxy) is 1. The molecule has 2 aliphatic rings. The maximum absolute atomic E-state index is 14.2. The molecule has 0 radical (unpaired) electrons. The Morgan fingerprint density at radius 2 is 1.96 bits per heavy atom. The average Bonchev–Trinajstić information content (AvgIpc) is 3.66. The minimum atomic E-state index is -4.66. The van der Waals surface area contributed by atoms with Crippen LogP contribution in [0.2, 0.25) is 0 Å². The number of aromatic nitrogens is 5. The normalized spacial score (nSPS) is 19.3. The molecule has 2 fully saturated rings. The van der Waals surface area contributed by atoms with Gasteiger partial charge in [-0.3, -0.25) is 9.89 Å². The Labute approximate surface area is 255 Å². The first kappa shape index (κ1) is 30.2. The van der Waals surface area contributed by atoms with Crippen LogP contribution in [0.4, 0.5) is 23.4 Å². The summed E-state index contributed by atoms with van der Waals surface area (Å²) in [5, 5.41) is 16.7. The first-order valence-electron chi connectivity index (χ1n) is 14.4. The molecule has 3 aromatic heterocycles. The molecule has 0 saturated carbocycles. The summed E-state index contributed by atoms with van der Waals surface area (Å²) in [6, 6.07) is 6.90. The highest BCUT2D eigenvalue weighted by Crippen LogP contribution is 2.41. The quantitative estimate of drug-likeness (QED) is 0.234. The number of anilines is 1. The van der Waals surface area contributed by atoms with Crippen molar-refractivity contribution < 1.29 is 27.1 Å². The van der Waals surface area contributed by atoms with Crippen LogP contribution in [-0.4, -0.2) is 92.8 Å². The van der Waals surface area contributed by atoms with Gasteiger partial charge < -0.3 is 19.4 Å². The van der Waals surface area contributed by atoms with E-state index in [1.807, 2.05) is 18.0 Å². The van der Waals surface area contributed by atoms with Gasteiger partial charge in [0, 0.05) is 36.6 Å². The van der Waals surface area contributed by atoms with Gasteiger partial charge in [0.15, 0.2) is 11.5 Å². The van der Waals surface area contributed by atoms with Gasteiger partial charge in [-0.05, 0) is 50.7 Å². The number of carbonyl (C=O) groups excluding carboxylic acids is 1. The van der Waals surface area contributed by atoms with Gasteiger partial charge in [-0.1, -0.05) is 6.58 Å². The molecular formula is C30H29F4N9O2. The summed E-state index contributed by atoms with van der Waals surface area (Å²) in [4.78, 5) is 31.5. The number of aromatic amines is 1. The molecule has 0 bridgehead atoms. The molecule has 234 valence electrons. The number of alkyl halides is 3. The van der Waals surface area contributed by atoms with E-state index in [4.69, 9.17) is 4.74 Å². The molecule has 2 saturated heterocycles. The fourth-order valence-corrected chi connectivity index (χ4v) is 6.06. The van der Waals surface area contributed by atoms with Gasteiger partial charge in [0.05, 0.1) is 46.9 Å². The lowest BCUT2D eigenvalue weighted by molar-refractivity contribution is -0.137. The second kappa shape index (κ2) is 11.9. The predicted molar refractivity (Wildman–Crippen MR) is 157 cm³/mol. The average molecular weight is 624 g/mol. The molecule has 0 spiro atoms. The third-order valence-corrected chi connectivity index (χ3v) is 8.38. The standard InChI is InChI=1S/C30H29F4N9O2/c1-17(31)28(44)43-13-12-42(15-18(43)9-10-35)27-20-5-7-24(25-21-14-36-40-23(21)8-6-22(25)30(32,33)34)37-26(20)38-29(39-27)45-16-19-4-3-11-41(19)2/h5-8,14,18-19H,1,3-4,9,11-13,15-16H2,2H3,(H,36,40). The molecule has 2 atom stereocenters. The summed E-state index contributed by atoms with van der Waals surface area (Å²) >= 11 is 0. The maximum Gasteiger partial charge on any atom is 0.417 e. The lowest BCUT2D eigenvalue weighted by Crippen LogP contribution is -2.55. The highest BCUT2D eigenvalue weighted by Gasteiger charge is 2.36. The number of H-pyrrole nitrogens is 1. The number of amides is 1. The van der Waals surface area contributed by atoms with Crippen molar-refractivity contribution in [3.05, 3.63) is 48.4 Å². The first-order valence-corrected chi connectivity index (χ1v) is 14.4. The maximum atomic E-state index is 14.2. The van der Waals surface area contributed by atoms with E-state index in [1.165, 1.54) is 23.2 Å². The van der Waals surface area contributed by atoms with Crippen LogP contribution >= 0.6 is 0 Å². The minimum absolute atomic E-state index is 0.00695. The fourth-order valence-electron chi connectivity index (χ4n) is 6.06. The number of fused-ring (bicyclic) bond motifs is 2. The Hall–Kier alpha value is -4.84. The highest BCUT2D eigenvalue weighted by atomic mass is 19.4. The van der Waals surface area contributed by atoms with E-state index in [0.717, 1.165) is 25.5 Å². The van der Waals surface area contributed by atoms with E-state index < -0.39 is 29.5 Å². The fraction of sp³-hybridized carbons (Fsp3) is 0.400. The topological polar surface area (TPSA) is 127 Å². The minimum Gasteiger partial charge on any atom is -0.462 e. The molecule has 1 aromatic carbocycles. The largest absolute Gasteiger partial charge is 0.462 e. The number of nitrogens with one attached hydrogen (secondary N) is 1. The molecule has 11 nitrogen and oxygen atoms in total. The number of benzene rings is 1. The zero-order chi connectivity index (χ0) is 31.9. The van der Waals surface area contributed by atoms with Crippen LogP contribution in [0.5, 0.6) is 6.01 Å². The first-order chi connectivity index (χ1) is 21.5. The van der Waals surface area contributed by atoms with Crippen molar-refractivity contribution in [1.82, 2.24) is 34.9 Å². The van der Waals surface area contributed by atoms with Gasteiger partial charge >= 0.3 is 12.2 Å². The van der Waals surface area contributed by atoms with Crippen LogP contribution in [0, 0.1) is 11.3 Å². The molecule has 4 aromatic rings. The van der Waals surface area contributed by atoms with Crippen molar-refractivity contribution in [3.8, 4) is 23.3 Å². The summed E-state index contributed by atoms with van der Waals surface area (Å²) in [6.07, 6.45) is -1.44. The molecule has 2 unspecified atom stereocenters. The third-order valence-electron chi connectivity index (χ3n) is 8.38. The van der Waals surface area contributed by atoms with Crippen LogP contribution in [0.3, 0.4) is 0 Å². The SMILES string of the molecule is C=C(F)C(=O)N1CCN(c2nc(OCC3CCCN3C)nc3nc(-c4c(C(F)(F)F)ccc5[nH]ncc45)ccc23)CC1CC#N. The Balaban J connectivity index is 1.45. The Morgan fingerprint density at radius 3 is 2.67 bits per heavy atom. The number of halogens is 4. The van der Waals surface area contributed by atoms with Crippen molar-refractivity contribution in [2.45, 2.75) is 37.5 Å². The van der Waals surface area contributed by atoms with Crippen molar-refractivity contribution in [2.75, 3.05) is 44.7 Å². The number of piperazine rings is 1. The second-order valence-corrected chi connectivity index (χ2v) is 11.2. The molecule has 6 rings (SSSR count). The summed E-state index contributed by atoms with van der Waals surface area (Å²) in [5.74, 6) is -1.62. The van der Waals surface area contributed by atoms with Crippen LogP contribution in [0.15, 0.2) is 42.9 Å². The summed E-state index contributed by atoms with van der Waals surface area (Å²) in [7, 11) is 2.00. The monoisotopic (exact) mass is 623 g/mol. The Kier molecular flexibility index (Phi) is 8.00. The predicted octanol–water partition coefficient (Wildman–Crippen LogP) is 4.47. The molecule has 45 heavy (non-hydrogen) atoms. The number of nitrogens with zero attached hydrogens (tertiary/aromatic N) is 8. The highest BCUT2D eigenvalue weighted by molar-refractivity contribution is 5.97. The van der Waals surface area contributed by atoms with Gasteiger partial charge in [-0.2, -0.15) is 33.5 Å². The van der Waals surface area contributed by atoms with E-state index in [2.05, 4.69) is 36.6 Å². The van der Waals surface area contributed by atoms with Crippen LogP contribution in [0.25, 0.3) is 33.2 Å². The summed E-state index contributed by atoms with van der Waals surface area (Å²) in [6.45, 7) is 4.78. The molecule has 1 amide bonds. The molecule has 15 heteroatoms. The second-order valence-electron chi connectivity index (χ2n) is 11.2. The number of likely N-dealkylation sites (N-methyl/N-ethyl adjacent to an activating group) is 1. The van der Waals surface area contributed by atoms with Crippen LogP contribution < -0.4 is 9.64 Å². The lowest BCUT2D eigenvalue weighted by atomic mass is 9.99. The van der Waals surface area contributed by atoms with E-state index in [-0.39, 0.29) is 60.4 Å². The van der Waals surface area contributed by atoms with E-state index in [9.17, 15) is 27.6 Å². The molecule has 5 heterocycles. The van der Waals surface area contributed by atoms with Crippen molar-refractivity contribution in [1.29, 1.82) is 5.26 Å². The zero-order valence-electron chi connectivity index (χ0n) is 24.3. The van der Waals surface area contributed by atoms with Crippen molar-refractivity contribution in [3.63, 3.8) is 0 Å². The van der Waals surface area contributed by atoms with Crippen LogP contribution in [-0.2, 0) is 11.0 Å². The molecule has 2 aliphatic heterocycles. The number of pyridine rings is 1. The van der Waals surface area contributed by atoms with Crippen molar-refractivity contribution in [2.24, 2.45) is 0 Å². The van der Waals surface area contributed by atoms with Gasteiger partial charge in [0.1, 0.15) is 12.4 Å². The molecule has 0 aliphatic carbocycles. The molecular weight excluding hydrogens is 594 g/mol. The summed E-state index contributed by atoms with van der Waals surface area (Å²) in [5.41, 5.74) is -0.452. The number of nitriles is 1. The lowest BCUT2D eigenvalue weighted by Gasteiger charge is -2.41. The Bertz CT molecular complexity index is 1820.